The van der Waals surface area contributed by atoms with E-state index in [1.54, 1.807) is 0 Å². The van der Waals surface area contributed by atoms with Gasteiger partial charge >= 0.3 is 0 Å². The fraction of sp³-hybridized carbons (Fsp3) is 0.409. The van der Waals surface area contributed by atoms with Gasteiger partial charge in [0.25, 0.3) is 5.56 Å². The van der Waals surface area contributed by atoms with Crippen LogP contribution in [0.4, 0.5) is 5.82 Å². The molecule has 0 unspecified atom stereocenters. The fourth-order valence-electron chi connectivity index (χ4n) is 4.15. The number of nitrogens with zero attached hydrogens (tertiary/aromatic N) is 1. The number of aromatic amines is 1. The number of aromatic nitrogens is 2. The largest absolute Gasteiger partial charge is 0.343 e. The van der Waals surface area contributed by atoms with Gasteiger partial charge in [-0.25, -0.2) is 4.98 Å². The number of fused-ring (bicyclic) bond motifs is 1. The number of Topliss-reactive ketones (excluding diaryl/α,β-unsaturated/α-hetero) is 1. The van der Waals surface area contributed by atoms with Crippen molar-refractivity contribution in [1.29, 1.82) is 0 Å². The van der Waals surface area contributed by atoms with Crippen molar-refractivity contribution in [2.75, 3.05) is 5.32 Å². The molecule has 1 aromatic heterocycles. The number of nitrogens with one attached hydrogen (secondary N) is 2. The van der Waals surface area contributed by atoms with E-state index in [9.17, 15) is 9.59 Å². The Labute approximate surface area is 169 Å². The molecule has 2 heterocycles. The van der Waals surface area contributed by atoms with Gasteiger partial charge in [0.1, 0.15) is 5.82 Å². The number of ketones is 1. The van der Waals surface area contributed by atoms with Gasteiger partial charge in [0.15, 0.2) is 10.9 Å². The van der Waals surface area contributed by atoms with Crippen molar-refractivity contribution in [3.63, 3.8) is 0 Å². The normalized spacial score (nSPS) is 20.6. The number of thioether (sulfide) groups is 1. The molecule has 1 atom stereocenters. The Morgan fingerprint density at radius 2 is 1.86 bits per heavy atom. The quantitative estimate of drug-likeness (QED) is 0.592. The minimum absolute atomic E-state index is 0.110. The zero-order valence-corrected chi connectivity index (χ0v) is 17.4. The Bertz CT molecular complexity index is 1020. The van der Waals surface area contributed by atoms with E-state index >= 15 is 0 Å². The average molecular weight is 396 g/mol. The summed E-state index contributed by atoms with van der Waals surface area (Å²) in [6.45, 7) is 8.34. The summed E-state index contributed by atoms with van der Waals surface area (Å²) in [4.78, 5) is 33.8. The topological polar surface area (TPSA) is 74.8 Å². The first-order chi connectivity index (χ1) is 13.2. The van der Waals surface area contributed by atoms with E-state index in [-0.39, 0.29) is 22.7 Å². The lowest BCUT2D eigenvalue weighted by Gasteiger charge is -2.38. The lowest BCUT2D eigenvalue weighted by atomic mass is 9.69. The number of benzene rings is 1. The highest BCUT2D eigenvalue weighted by Gasteiger charge is 2.42. The molecule has 5 nitrogen and oxygen atoms in total. The maximum absolute atomic E-state index is 13.1. The van der Waals surface area contributed by atoms with Gasteiger partial charge in [-0.05, 0) is 17.4 Å². The van der Waals surface area contributed by atoms with Crippen LogP contribution in [-0.2, 0) is 4.79 Å². The number of rotatable bonds is 3. The Kier molecular flexibility index (Phi) is 4.70. The Morgan fingerprint density at radius 3 is 2.54 bits per heavy atom. The molecule has 146 valence electrons. The van der Waals surface area contributed by atoms with Gasteiger partial charge < -0.3 is 10.3 Å². The van der Waals surface area contributed by atoms with E-state index in [2.05, 4.69) is 38.0 Å². The number of hydrogen-bond acceptors (Lipinski definition) is 5. The molecule has 28 heavy (non-hydrogen) atoms. The summed E-state index contributed by atoms with van der Waals surface area (Å²) in [7, 11) is 0. The van der Waals surface area contributed by atoms with Crippen molar-refractivity contribution >= 4 is 23.4 Å². The van der Waals surface area contributed by atoms with Crippen molar-refractivity contribution in [1.82, 2.24) is 9.97 Å². The van der Waals surface area contributed by atoms with Crippen molar-refractivity contribution < 1.29 is 4.79 Å². The zero-order valence-electron chi connectivity index (χ0n) is 16.6. The minimum Gasteiger partial charge on any atom is -0.343 e. The summed E-state index contributed by atoms with van der Waals surface area (Å²) < 4.78 is 0. The first-order valence-electron chi connectivity index (χ1n) is 9.64. The molecular weight excluding hydrogens is 370 g/mol. The molecule has 2 N–H and O–H groups in total. The van der Waals surface area contributed by atoms with E-state index in [0.717, 1.165) is 23.3 Å². The van der Waals surface area contributed by atoms with Crippen LogP contribution in [-0.4, -0.2) is 21.0 Å². The van der Waals surface area contributed by atoms with Gasteiger partial charge in [-0.3, -0.25) is 9.59 Å². The summed E-state index contributed by atoms with van der Waals surface area (Å²) in [6.07, 6.45) is 1.25. The molecule has 6 heteroatoms. The Morgan fingerprint density at radius 1 is 1.14 bits per heavy atom. The van der Waals surface area contributed by atoms with Gasteiger partial charge in [0.2, 0.25) is 0 Å². The summed E-state index contributed by atoms with van der Waals surface area (Å²) in [5.74, 6) is 0.300. The van der Waals surface area contributed by atoms with Gasteiger partial charge in [-0.2, -0.15) is 0 Å². The number of carbonyl (C=O) groups excluding carboxylic acids is 1. The fourth-order valence-corrected chi connectivity index (χ4v) is 4.89. The second kappa shape index (κ2) is 6.92. The molecule has 0 spiro atoms. The van der Waals surface area contributed by atoms with Crippen molar-refractivity contribution in [3.05, 3.63) is 63.1 Å². The van der Waals surface area contributed by atoms with Crippen LogP contribution in [0.5, 0.6) is 0 Å². The van der Waals surface area contributed by atoms with Crippen LogP contribution in [0.1, 0.15) is 57.6 Å². The van der Waals surface area contributed by atoms with E-state index < -0.39 is 0 Å². The van der Waals surface area contributed by atoms with E-state index in [1.165, 1.54) is 11.8 Å². The monoisotopic (exact) mass is 395 g/mol. The van der Waals surface area contributed by atoms with Crippen LogP contribution >= 0.6 is 11.8 Å². The zero-order chi connectivity index (χ0) is 20.1. The maximum Gasteiger partial charge on any atom is 0.257 e. The molecular formula is C22H25N3O2S. The SMILES string of the molecule is CC(C)Sc1nc2c(c(=O)[nH]1)[C@H](c1ccccc1)C1=C(CC(C)(C)CC1=O)N2. The highest BCUT2D eigenvalue weighted by Crippen LogP contribution is 2.47. The molecule has 0 bridgehead atoms. The van der Waals surface area contributed by atoms with E-state index in [1.807, 2.05) is 30.3 Å². The van der Waals surface area contributed by atoms with Crippen molar-refractivity contribution in [2.45, 2.75) is 56.9 Å². The molecule has 0 saturated heterocycles. The third-order valence-corrected chi connectivity index (χ3v) is 6.07. The Hall–Kier alpha value is -2.34. The third kappa shape index (κ3) is 3.41. The molecule has 0 radical (unpaired) electrons. The van der Waals surface area contributed by atoms with E-state index in [0.29, 0.717) is 28.2 Å². The first kappa shape index (κ1) is 19.0. The van der Waals surface area contributed by atoms with Crippen LogP contribution in [0.15, 0.2) is 51.6 Å². The average Bonchev–Trinajstić information content (AvgIpc) is 2.59. The van der Waals surface area contributed by atoms with E-state index in [4.69, 9.17) is 4.98 Å². The second-order valence-electron chi connectivity index (χ2n) is 8.60. The van der Waals surface area contributed by atoms with Gasteiger partial charge in [0, 0.05) is 28.9 Å². The molecule has 1 aliphatic heterocycles. The predicted molar refractivity (Wildman–Crippen MR) is 113 cm³/mol. The summed E-state index contributed by atoms with van der Waals surface area (Å²) >= 11 is 1.52. The molecule has 2 aliphatic rings. The third-order valence-electron chi connectivity index (χ3n) is 5.18. The molecule has 4 rings (SSSR count). The van der Waals surface area contributed by atoms with Crippen LogP contribution in [0.3, 0.4) is 0 Å². The standard InChI is InChI=1S/C22H25N3O2S/c1-12(2)28-21-24-19-18(20(27)25-21)16(13-8-6-5-7-9-13)17-14(23-19)10-22(3,4)11-15(17)26/h5-9,12,16H,10-11H2,1-4H3,(H2,23,24,25,27)/t16-/m1/s1. The first-order valence-corrected chi connectivity index (χ1v) is 10.5. The van der Waals surface area contributed by atoms with Crippen LogP contribution in [0, 0.1) is 5.41 Å². The summed E-state index contributed by atoms with van der Waals surface area (Å²) in [6, 6.07) is 9.79. The van der Waals surface area contributed by atoms with Crippen LogP contribution in [0.25, 0.3) is 0 Å². The van der Waals surface area contributed by atoms with Gasteiger partial charge in [-0.15, -0.1) is 0 Å². The second-order valence-corrected chi connectivity index (χ2v) is 10.2. The summed E-state index contributed by atoms with van der Waals surface area (Å²) in [5.41, 5.74) is 2.81. The van der Waals surface area contributed by atoms with Crippen LogP contribution < -0.4 is 10.9 Å². The van der Waals surface area contributed by atoms with Gasteiger partial charge in [-0.1, -0.05) is 69.8 Å². The number of anilines is 1. The highest BCUT2D eigenvalue weighted by molar-refractivity contribution is 7.99. The molecule has 0 amide bonds. The maximum atomic E-state index is 13.1. The lowest BCUT2D eigenvalue weighted by Crippen LogP contribution is -2.37. The Balaban J connectivity index is 1.93. The predicted octanol–water partition coefficient (Wildman–Crippen LogP) is 4.47. The molecule has 1 aliphatic carbocycles. The van der Waals surface area contributed by atoms with Crippen molar-refractivity contribution in [2.24, 2.45) is 5.41 Å². The summed E-state index contributed by atoms with van der Waals surface area (Å²) in [5, 5.41) is 4.26. The lowest BCUT2D eigenvalue weighted by molar-refractivity contribution is -0.118. The molecule has 2 aromatic rings. The smallest absolute Gasteiger partial charge is 0.257 e. The number of hydrogen-bond donors (Lipinski definition) is 2. The number of H-pyrrole nitrogens is 1. The van der Waals surface area contributed by atoms with Gasteiger partial charge in [0.05, 0.1) is 5.56 Å². The van der Waals surface area contributed by atoms with Crippen LogP contribution in [0.2, 0.25) is 0 Å². The number of carbonyl (C=O) groups is 1. The minimum atomic E-state index is -0.384. The number of allylic oxidation sites excluding steroid dienone is 2. The molecule has 0 saturated carbocycles. The molecule has 1 aromatic carbocycles. The molecule has 0 fully saturated rings. The highest BCUT2D eigenvalue weighted by atomic mass is 32.2. The van der Waals surface area contributed by atoms with Crippen molar-refractivity contribution in [3.8, 4) is 0 Å².